The SMILES string of the molecule is Cc1ncc(Oc2ccccc2C=O)c(C)n1. The standard InChI is InChI=1S/C13H12N2O2/c1-9-13(7-14-10(2)15-9)17-12-6-4-3-5-11(12)8-16/h3-8H,1-2H3. The summed E-state index contributed by atoms with van der Waals surface area (Å²) in [4.78, 5) is 19.1. The Bertz CT molecular complexity index is 553. The van der Waals surface area contributed by atoms with Crippen LogP contribution in [-0.2, 0) is 0 Å². The quantitative estimate of drug-likeness (QED) is 0.758. The maximum atomic E-state index is 10.8. The summed E-state index contributed by atoms with van der Waals surface area (Å²) in [6, 6.07) is 7.04. The fourth-order valence-electron chi connectivity index (χ4n) is 1.46. The van der Waals surface area contributed by atoms with Crippen molar-refractivity contribution in [2.75, 3.05) is 0 Å². The first-order valence-electron chi connectivity index (χ1n) is 5.23. The van der Waals surface area contributed by atoms with Crippen LogP contribution in [-0.4, -0.2) is 16.3 Å². The molecule has 1 aromatic heterocycles. The smallest absolute Gasteiger partial charge is 0.166 e. The summed E-state index contributed by atoms with van der Waals surface area (Å²) in [5.41, 5.74) is 1.26. The molecule has 1 heterocycles. The molecule has 0 aliphatic heterocycles. The van der Waals surface area contributed by atoms with Crippen molar-refractivity contribution < 1.29 is 9.53 Å². The van der Waals surface area contributed by atoms with E-state index in [0.29, 0.717) is 22.9 Å². The van der Waals surface area contributed by atoms with E-state index < -0.39 is 0 Å². The molecule has 0 radical (unpaired) electrons. The number of carbonyl (C=O) groups excluding carboxylic acids is 1. The average Bonchev–Trinajstić information content (AvgIpc) is 2.33. The predicted molar refractivity (Wildman–Crippen MR) is 63.4 cm³/mol. The van der Waals surface area contributed by atoms with Crippen LogP contribution in [0.2, 0.25) is 0 Å². The van der Waals surface area contributed by atoms with Crippen LogP contribution in [0.5, 0.6) is 11.5 Å². The number of aldehydes is 1. The number of hydrogen-bond donors (Lipinski definition) is 0. The zero-order chi connectivity index (χ0) is 12.3. The molecule has 0 bridgehead atoms. The summed E-state index contributed by atoms with van der Waals surface area (Å²) in [6.45, 7) is 3.66. The topological polar surface area (TPSA) is 52.1 Å². The summed E-state index contributed by atoms with van der Waals surface area (Å²) in [7, 11) is 0. The number of para-hydroxylation sites is 1. The van der Waals surface area contributed by atoms with Crippen molar-refractivity contribution in [2.45, 2.75) is 13.8 Å². The Balaban J connectivity index is 2.34. The maximum absolute atomic E-state index is 10.8. The van der Waals surface area contributed by atoms with Gasteiger partial charge in [0.1, 0.15) is 11.6 Å². The largest absolute Gasteiger partial charge is 0.453 e. The van der Waals surface area contributed by atoms with Gasteiger partial charge in [-0.05, 0) is 26.0 Å². The summed E-state index contributed by atoms with van der Waals surface area (Å²) < 4.78 is 5.63. The molecule has 4 heteroatoms. The third-order valence-corrected chi connectivity index (χ3v) is 2.32. The first-order valence-corrected chi connectivity index (χ1v) is 5.23. The summed E-state index contributed by atoms with van der Waals surface area (Å²) in [5.74, 6) is 1.77. The van der Waals surface area contributed by atoms with E-state index in [4.69, 9.17) is 4.74 Å². The molecular weight excluding hydrogens is 216 g/mol. The van der Waals surface area contributed by atoms with Crippen molar-refractivity contribution in [1.82, 2.24) is 9.97 Å². The lowest BCUT2D eigenvalue weighted by atomic mass is 10.2. The van der Waals surface area contributed by atoms with Gasteiger partial charge >= 0.3 is 0 Å². The minimum atomic E-state index is 0.507. The van der Waals surface area contributed by atoms with Crippen LogP contribution in [0.15, 0.2) is 30.5 Å². The molecule has 17 heavy (non-hydrogen) atoms. The molecule has 2 rings (SSSR count). The van der Waals surface area contributed by atoms with E-state index >= 15 is 0 Å². The number of benzene rings is 1. The van der Waals surface area contributed by atoms with E-state index in [-0.39, 0.29) is 0 Å². The third-order valence-electron chi connectivity index (χ3n) is 2.32. The van der Waals surface area contributed by atoms with Crippen LogP contribution < -0.4 is 4.74 Å². The highest BCUT2D eigenvalue weighted by Crippen LogP contribution is 2.25. The van der Waals surface area contributed by atoms with Crippen molar-refractivity contribution in [3.8, 4) is 11.5 Å². The Morgan fingerprint density at radius 2 is 1.94 bits per heavy atom. The van der Waals surface area contributed by atoms with Crippen molar-refractivity contribution in [3.63, 3.8) is 0 Å². The molecule has 0 aliphatic carbocycles. The van der Waals surface area contributed by atoms with Crippen molar-refractivity contribution in [2.24, 2.45) is 0 Å². The van der Waals surface area contributed by atoms with Gasteiger partial charge in [-0.3, -0.25) is 4.79 Å². The van der Waals surface area contributed by atoms with Crippen LogP contribution in [0.3, 0.4) is 0 Å². The van der Waals surface area contributed by atoms with E-state index in [1.807, 2.05) is 19.9 Å². The van der Waals surface area contributed by atoms with Crippen LogP contribution in [0.4, 0.5) is 0 Å². The van der Waals surface area contributed by atoms with Gasteiger partial charge in [-0.25, -0.2) is 9.97 Å². The Morgan fingerprint density at radius 3 is 2.65 bits per heavy atom. The van der Waals surface area contributed by atoms with E-state index in [1.165, 1.54) is 0 Å². The molecule has 0 N–H and O–H groups in total. The molecule has 0 saturated carbocycles. The Labute approximate surface area is 99.3 Å². The number of carbonyl (C=O) groups is 1. The first-order chi connectivity index (χ1) is 8.20. The number of aryl methyl sites for hydroxylation is 2. The van der Waals surface area contributed by atoms with E-state index in [0.717, 1.165) is 12.0 Å². The molecule has 1 aromatic carbocycles. The normalized spacial score (nSPS) is 10.0. The summed E-state index contributed by atoms with van der Waals surface area (Å²) in [5, 5.41) is 0. The van der Waals surface area contributed by atoms with Gasteiger partial charge in [0.25, 0.3) is 0 Å². The highest BCUT2D eigenvalue weighted by atomic mass is 16.5. The highest BCUT2D eigenvalue weighted by molar-refractivity contribution is 5.79. The Hall–Kier alpha value is -2.23. The molecule has 0 spiro atoms. The van der Waals surface area contributed by atoms with Crippen molar-refractivity contribution in [3.05, 3.63) is 47.5 Å². The van der Waals surface area contributed by atoms with Gasteiger partial charge in [-0.2, -0.15) is 0 Å². The maximum Gasteiger partial charge on any atom is 0.166 e. The monoisotopic (exact) mass is 228 g/mol. The van der Waals surface area contributed by atoms with Gasteiger partial charge in [-0.15, -0.1) is 0 Å². The molecule has 0 fully saturated rings. The predicted octanol–water partition coefficient (Wildman–Crippen LogP) is 2.70. The van der Waals surface area contributed by atoms with E-state index in [2.05, 4.69) is 9.97 Å². The summed E-state index contributed by atoms with van der Waals surface area (Å²) in [6.07, 6.45) is 2.37. The second-order valence-electron chi connectivity index (χ2n) is 3.62. The van der Waals surface area contributed by atoms with Crippen molar-refractivity contribution >= 4 is 6.29 Å². The van der Waals surface area contributed by atoms with Crippen molar-refractivity contribution in [1.29, 1.82) is 0 Å². The molecule has 0 unspecified atom stereocenters. The molecule has 0 saturated heterocycles. The summed E-state index contributed by atoms with van der Waals surface area (Å²) >= 11 is 0. The second-order valence-corrected chi connectivity index (χ2v) is 3.62. The van der Waals surface area contributed by atoms with Gasteiger partial charge in [0.15, 0.2) is 12.0 Å². The van der Waals surface area contributed by atoms with Crippen LogP contribution >= 0.6 is 0 Å². The number of hydrogen-bond acceptors (Lipinski definition) is 4. The Kier molecular flexibility index (Phi) is 3.14. The van der Waals surface area contributed by atoms with Gasteiger partial charge in [0, 0.05) is 0 Å². The lowest BCUT2D eigenvalue weighted by Crippen LogP contribution is -1.96. The molecule has 0 amide bonds. The fourth-order valence-corrected chi connectivity index (χ4v) is 1.46. The average molecular weight is 228 g/mol. The molecule has 0 aliphatic rings. The lowest BCUT2D eigenvalue weighted by Gasteiger charge is -2.09. The van der Waals surface area contributed by atoms with Crippen LogP contribution in [0.1, 0.15) is 21.9 Å². The number of ether oxygens (including phenoxy) is 1. The Morgan fingerprint density at radius 1 is 1.18 bits per heavy atom. The highest BCUT2D eigenvalue weighted by Gasteiger charge is 2.07. The van der Waals surface area contributed by atoms with E-state index in [1.54, 1.807) is 24.4 Å². The number of rotatable bonds is 3. The van der Waals surface area contributed by atoms with Gasteiger partial charge in [-0.1, -0.05) is 12.1 Å². The molecule has 4 nitrogen and oxygen atoms in total. The minimum Gasteiger partial charge on any atom is -0.453 e. The van der Waals surface area contributed by atoms with Gasteiger partial charge in [0.2, 0.25) is 0 Å². The fraction of sp³-hybridized carbons (Fsp3) is 0.154. The molecule has 86 valence electrons. The van der Waals surface area contributed by atoms with Gasteiger partial charge in [0.05, 0.1) is 17.5 Å². The minimum absolute atomic E-state index is 0.507. The van der Waals surface area contributed by atoms with Crippen LogP contribution in [0, 0.1) is 13.8 Å². The van der Waals surface area contributed by atoms with E-state index in [9.17, 15) is 4.79 Å². The first kappa shape index (κ1) is 11.3. The van der Waals surface area contributed by atoms with Crippen LogP contribution in [0.25, 0.3) is 0 Å². The second kappa shape index (κ2) is 4.74. The molecule has 2 aromatic rings. The number of nitrogens with zero attached hydrogens (tertiary/aromatic N) is 2. The molecular formula is C13H12N2O2. The van der Waals surface area contributed by atoms with Gasteiger partial charge < -0.3 is 4.74 Å². The third kappa shape index (κ3) is 2.47. The zero-order valence-electron chi connectivity index (χ0n) is 9.68. The lowest BCUT2D eigenvalue weighted by molar-refractivity contribution is 0.112. The number of aromatic nitrogens is 2. The zero-order valence-corrected chi connectivity index (χ0v) is 9.68. The molecule has 0 atom stereocenters.